The zero-order valence-electron chi connectivity index (χ0n) is 13.3. The van der Waals surface area contributed by atoms with Gasteiger partial charge in [-0.05, 0) is 29.7 Å². The van der Waals surface area contributed by atoms with Crippen LogP contribution in [-0.2, 0) is 0 Å². The Morgan fingerprint density at radius 1 is 0.864 bits per heavy atom. The van der Waals surface area contributed by atoms with Crippen LogP contribution in [0.4, 0.5) is 0 Å². The van der Waals surface area contributed by atoms with E-state index in [4.69, 9.17) is 4.74 Å². The van der Waals surface area contributed by atoms with Crippen LogP contribution in [0.3, 0.4) is 0 Å². The minimum Gasteiger partial charge on any atom is -0.497 e. The minimum atomic E-state index is 0. The maximum Gasteiger partial charge on any atom is 0.119 e. The Balaban J connectivity index is 0.00000176. The van der Waals surface area contributed by atoms with Crippen molar-refractivity contribution in [2.24, 2.45) is 0 Å². The number of rotatable bonds is 3. The molecule has 2 aromatic carbocycles. The van der Waals surface area contributed by atoms with E-state index in [9.17, 15) is 0 Å². The summed E-state index contributed by atoms with van der Waals surface area (Å²) in [4.78, 5) is 0. The summed E-state index contributed by atoms with van der Waals surface area (Å²) in [5.41, 5.74) is 2.68. The Hall–Kier alpha value is -1.11. The van der Waals surface area contributed by atoms with Gasteiger partial charge in [0.05, 0.1) is 19.2 Å². The van der Waals surface area contributed by atoms with Gasteiger partial charge in [-0.1, -0.05) is 42.5 Å². The molecule has 2 atom stereocenters. The quantitative estimate of drug-likeness (QED) is 0.703. The minimum absolute atomic E-state index is 0. The molecule has 3 rings (SSSR count). The molecule has 1 aliphatic heterocycles. The first-order chi connectivity index (χ1) is 10.2. The molecule has 3 nitrogen and oxygen atoms in total. The number of hydrazine groups is 1. The van der Waals surface area contributed by atoms with E-state index in [1.54, 1.807) is 7.11 Å². The highest BCUT2D eigenvalue weighted by Crippen LogP contribution is 2.42. The number of halogens is 1. The molecule has 2 unspecified atom stereocenters. The van der Waals surface area contributed by atoms with E-state index in [1.807, 2.05) is 6.07 Å². The zero-order chi connectivity index (χ0) is 14.8. The summed E-state index contributed by atoms with van der Waals surface area (Å²) >= 11 is 0. The lowest BCUT2D eigenvalue weighted by molar-refractivity contribution is 0.0252. The average molecular weight is 410 g/mol. The Kier molecular flexibility index (Phi) is 5.83. The molecule has 1 fully saturated rings. The molecule has 0 aromatic heterocycles. The predicted octanol–water partition coefficient (Wildman–Crippen LogP) is 4.28. The van der Waals surface area contributed by atoms with Crippen molar-refractivity contribution < 1.29 is 4.74 Å². The van der Waals surface area contributed by atoms with Crippen LogP contribution in [0.5, 0.6) is 5.75 Å². The van der Waals surface area contributed by atoms with Crippen molar-refractivity contribution in [3.05, 3.63) is 65.7 Å². The fourth-order valence-corrected chi connectivity index (χ4v) is 3.18. The SMILES string of the molecule is COc1cccc(C2CC(c3ccccc3)N(C)N2C)c1.I. The monoisotopic (exact) mass is 410 g/mol. The van der Waals surface area contributed by atoms with Crippen molar-refractivity contribution in [3.8, 4) is 5.75 Å². The van der Waals surface area contributed by atoms with Gasteiger partial charge in [-0.15, -0.1) is 24.0 Å². The van der Waals surface area contributed by atoms with E-state index in [0.29, 0.717) is 12.1 Å². The summed E-state index contributed by atoms with van der Waals surface area (Å²) in [6.07, 6.45) is 1.09. The summed E-state index contributed by atoms with van der Waals surface area (Å²) in [6, 6.07) is 19.9. The number of benzene rings is 2. The summed E-state index contributed by atoms with van der Waals surface area (Å²) < 4.78 is 5.36. The first kappa shape index (κ1) is 17.2. The lowest BCUT2D eigenvalue weighted by Crippen LogP contribution is -2.32. The average Bonchev–Trinajstić information content (AvgIpc) is 2.84. The van der Waals surface area contributed by atoms with Crippen molar-refractivity contribution in [2.45, 2.75) is 18.5 Å². The summed E-state index contributed by atoms with van der Waals surface area (Å²) in [5, 5.41) is 4.66. The highest BCUT2D eigenvalue weighted by atomic mass is 127. The van der Waals surface area contributed by atoms with Crippen LogP contribution in [0.2, 0.25) is 0 Å². The predicted molar refractivity (Wildman–Crippen MR) is 100 cm³/mol. The molecule has 0 radical (unpaired) electrons. The third-order valence-electron chi connectivity index (χ3n) is 4.51. The molecule has 0 saturated carbocycles. The van der Waals surface area contributed by atoms with Gasteiger partial charge < -0.3 is 4.74 Å². The molecule has 1 saturated heterocycles. The fourth-order valence-electron chi connectivity index (χ4n) is 3.18. The van der Waals surface area contributed by atoms with Gasteiger partial charge >= 0.3 is 0 Å². The second kappa shape index (κ2) is 7.44. The number of nitrogens with zero attached hydrogens (tertiary/aromatic N) is 2. The third-order valence-corrected chi connectivity index (χ3v) is 4.51. The zero-order valence-corrected chi connectivity index (χ0v) is 15.6. The molecule has 0 N–H and O–H groups in total. The van der Waals surface area contributed by atoms with E-state index in [1.165, 1.54) is 11.1 Å². The largest absolute Gasteiger partial charge is 0.497 e. The molecular formula is C18H23IN2O. The van der Waals surface area contributed by atoms with E-state index < -0.39 is 0 Å². The van der Waals surface area contributed by atoms with Crippen LogP contribution in [-0.4, -0.2) is 31.2 Å². The molecule has 0 bridgehead atoms. The van der Waals surface area contributed by atoms with Crippen molar-refractivity contribution in [3.63, 3.8) is 0 Å². The van der Waals surface area contributed by atoms with Gasteiger partial charge in [0, 0.05) is 14.1 Å². The van der Waals surface area contributed by atoms with E-state index in [0.717, 1.165) is 12.2 Å². The molecular weight excluding hydrogens is 387 g/mol. The Morgan fingerprint density at radius 2 is 1.45 bits per heavy atom. The Labute approximate surface area is 149 Å². The normalized spacial score (nSPS) is 22.3. The molecule has 0 spiro atoms. The van der Waals surface area contributed by atoms with Gasteiger partial charge in [-0.25, -0.2) is 10.0 Å². The molecule has 118 valence electrons. The summed E-state index contributed by atoms with van der Waals surface area (Å²) in [5.74, 6) is 0.923. The smallest absolute Gasteiger partial charge is 0.119 e. The van der Waals surface area contributed by atoms with Crippen LogP contribution >= 0.6 is 24.0 Å². The van der Waals surface area contributed by atoms with Gasteiger partial charge in [0.25, 0.3) is 0 Å². The maximum absolute atomic E-state index is 5.36. The second-order valence-electron chi connectivity index (χ2n) is 5.60. The number of hydrogen-bond acceptors (Lipinski definition) is 3. The highest BCUT2D eigenvalue weighted by molar-refractivity contribution is 14.0. The lowest BCUT2D eigenvalue weighted by Gasteiger charge is -2.28. The molecule has 22 heavy (non-hydrogen) atoms. The van der Waals surface area contributed by atoms with E-state index in [-0.39, 0.29) is 24.0 Å². The Morgan fingerprint density at radius 3 is 2.09 bits per heavy atom. The number of hydrogen-bond donors (Lipinski definition) is 0. The Bertz CT molecular complexity index is 605. The number of ether oxygens (including phenoxy) is 1. The van der Waals surface area contributed by atoms with E-state index in [2.05, 4.69) is 72.6 Å². The van der Waals surface area contributed by atoms with Gasteiger partial charge in [0.1, 0.15) is 5.75 Å². The van der Waals surface area contributed by atoms with Crippen LogP contribution < -0.4 is 4.74 Å². The van der Waals surface area contributed by atoms with Crippen LogP contribution in [0.25, 0.3) is 0 Å². The fraction of sp³-hybridized carbons (Fsp3) is 0.333. The molecule has 1 heterocycles. The summed E-state index contributed by atoms with van der Waals surface area (Å²) in [7, 11) is 6.04. The molecule has 0 aliphatic carbocycles. The lowest BCUT2D eigenvalue weighted by atomic mass is 9.97. The summed E-state index contributed by atoms with van der Waals surface area (Å²) in [6.45, 7) is 0. The molecule has 2 aromatic rings. The topological polar surface area (TPSA) is 15.7 Å². The molecule has 4 heteroatoms. The first-order valence-corrected chi connectivity index (χ1v) is 7.35. The van der Waals surface area contributed by atoms with Crippen molar-refractivity contribution >= 4 is 24.0 Å². The molecule has 0 amide bonds. The van der Waals surface area contributed by atoms with Crippen molar-refractivity contribution in [1.29, 1.82) is 0 Å². The van der Waals surface area contributed by atoms with Crippen LogP contribution in [0.1, 0.15) is 29.6 Å². The molecule has 1 aliphatic rings. The van der Waals surface area contributed by atoms with Gasteiger partial charge in [-0.3, -0.25) is 0 Å². The standard InChI is InChI=1S/C18H22N2O.HI/c1-19-17(14-8-5-4-6-9-14)13-18(20(19)2)15-10-7-11-16(12-15)21-3;/h4-12,17-18H,13H2,1-3H3;1H. The third kappa shape index (κ3) is 3.29. The van der Waals surface area contributed by atoms with Gasteiger partial charge in [-0.2, -0.15) is 0 Å². The van der Waals surface area contributed by atoms with Crippen molar-refractivity contribution in [2.75, 3.05) is 21.2 Å². The van der Waals surface area contributed by atoms with Gasteiger partial charge in [0.2, 0.25) is 0 Å². The number of methoxy groups -OCH3 is 1. The van der Waals surface area contributed by atoms with E-state index >= 15 is 0 Å². The van der Waals surface area contributed by atoms with Crippen molar-refractivity contribution in [1.82, 2.24) is 10.0 Å². The van der Waals surface area contributed by atoms with Gasteiger partial charge in [0.15, 0.2) is 0 Å². The van der Waals surface area contributed by atoms with Crippen LogP contribution in [0, 0.1) is 0 Å². The maximum atomic E-state index is 5.36. The second-order valence-corrected chi connectivity index (χ2v) is 5.60. The highest BCUT2D eigenvalue weighted by Gasteiger charge is 2.36. The van der Waals surface area contributed by atoms with Crippen LogP contribution in [0.15, 0.2) is 54.6 Å². The first-order valence-electron chi connectivity index (χ1n) is 7.35.